The fourth-order valence-electron chi connectivity index (χ4n) is 1.61. The van der Waals surface area contributed by atoms with E-state index >= 15 is 0 Å². The second kappa shape index (κ2) is 5.87. The van der Waals surface area contributed by atoms with Gasteiger partial charge in [0.25, 0.3) is 0 Å². The van der Waals surface area contributed by atoms with Crippen LogP contribution in [-0.2, 0) is 5.75 Å². The van der Waals surface area contributed by atoms with Crippen LogP contribution in [0.4, 0.5) is 5.69 Å². The van der Waals surface area contributed by atoms with Crippen molar-refractivity contribution in [3.05, 3.63) is 57.6 Å². The lowest BCUT2D eigenvalue weighted by Gasteiger charge is -2.09. The molecule has 0 aliphatic rings. The van der Waals surface area contributed by atoms with Crippen LogP contribution in [0.2, 0.25) is 10.0 Å². The molecule has 4 heteroatoms. The third-order valence-electron chi connectivity index (χ3n) is 2.64. The highest BCUT2D eigenvalue weighted by Gasteiger charge is 2.06. The van der Waals surface area contributed by atoms with E-state index in [4.69, 9.17) is 28.9 Å². The number of anilines is 1. The number of halogens is 2. The summed E-state index contributed by atoms with van der Waals surface area (Å²) in [5.74, 6) is 0.820. The van der Waals surface area contributed by atoms with E-state index in [9.17, 15) is 0 Å². The molecule has 0 unspecified atom stereocenters. The van der Waals surface area contributed by atoms with E-state index < -0.39 is 0 Å². The van der Waals surface area contributed by atoms with Crippen LogP contribution in [0.1, 0.15) is 11.1 Å². The fourth-order valence-corrected chi connectivity index (χ4v) is 3.17. The SMILES string of the molecule is Cc1cc(N)c(Cl)cc1SCc1ccccc1Cl. The highest BCUT2D eigenvalue weighted by atomic mass is 35.5. The number of hydrogen-bond acceptors (Lipinski definition) is 2. The van der Waals surface area contributed by atoms with Gasteiger partial charge in [-0.3, -0.25) is 0 Å². The summed E-state index contributed by atoms with van der Waals surface area (Å²) in [5.41, 5.74) is 8.64. The first-order valence-electron chi connectivity index (χ1n) is 5.50. The Bertz CT molecular complexity index is 570. The summed E-state index contributed by atoms with van der Waals surface area (Å²) < 4.78 is 0. The minimum atomic E-state index is 0.599. The normalized spacial score (nSPS) is 10.6. The third-order valence-corrected chi connectivity index (χ3v) is 4.54. The predicted octanol–water partition coefficient (Wildman–Crippen LogP) is 5.18. The molecule has 18 heavy (non-hydrogen) atoms. The third kappa shape index (κ3) is 3.14. The van der Waals surface area contributed by atoms with Gasteiger partial charge < -0.3 is 5.73 Å². The van der Waals surface area contributed by atoms with Gasteiger partial charge in [-0.05, 0) is 36.2 Å². The molecule has 2 aromatic carbocycles. The van der Waals surface area contributed by atoms with Gasteiger partial charge in [0.15, 0.2) is 0 Å². The van der Waals surface area contributed by atoms with E-state index in [1.165, 1.54) is 0 Å². The molecule has 2 N–H and O–H groups in total. The Kier molecular flexibility index (Phi) is 4.44. The van der Waals surface area contributed by atoms with Crippen LogP contribution in [0.3, 0.4) is 0 Å². The Balaban J connectivity index is 2.16. The number of rotatable bonds is 3. The topological polar surface area (TPSA) is 26.0 Å². The van der Waals surface area contributed by atoms with Crippen LogP contribution >= 0.6 is 35.0 Å². The lowest BCUT2D eigenvalue weighted by atomic mass is 10.2. The number of nitrogen functional groups attached to an aromatic ring is 1. The molecule has 0 aliphatic carbocycles. The number of aryl methyl sites for hydroxylation is 1. The Morgan fingerprint density at radius 1 is 1.11 bits per heavy atom. The van der Waals surface area contributed by atoms with Crippen molar-refractivity contribution in [1.82, 2.24) is 0 Å². The molecule has 0 amide bonds. The number of hydrogen-bond donors (Lipinski definition) is 1. The van der Waals surface area contributed by atoms with Crippen molar-refractivity contribution in [3.8, 4) is 0 Å². The van der Waals surface area contributed by atoms with E-state index in [1.807, 2.05) is 43.3 Å². The molecule has 0 aromatic heterocycles. The molecule has 0 heterocycles. The summed E-state index contributed by atoms with van der Waals surface area (Å²) in [7, 11) is 0. The Morgan fingerprint density at radius 2 is 1.83 bits per heavy atom. The van der Waals surface area contributed by atoms with Gasteiger partial charge in [-0.2, -0.15) is 0 Å². The Hall–Kier alpha value is -0.830. The van der Waals surface area contributed by atoms with E-state index in [2.05, 4.69) is 0 Å². The van der Waals surface area contributed by atoms with Gasteiger partial charge in [0.2, 0.25) is 0 Å². The summed E-state index contributed by atoms with van der Waals surface area (Å²) in [6.45, 7) is 2.03. The Labute approximate surface area is 121 Å². The van der Waals surface area contributed by atoms with Crippen molar-refractivity contribution in [2.75, 3.05) is 5.73 Å². The molecule has 0 spiro atoms. The molecule has 1 nitrogen and oxygen atoms in total. The fraction of sp³-hybridized carbons (Fsp3) is 0.143. The van der Waals surface area contributed by atoms with Crippen molar-refractivity contribution >= 4 is 40.7 Å². The molecule has 0 radical (unpaired) electrons. The van der Waals surface area contributed by atoms with Gasteiger partial charge in [-0.25, -0.2) is 0 Å². The summed E-state index contributed by atoms with van der Waals surface area (Å²) in [6.07, 6.45) is 0. The summed E-state index contributed by atoms with van der Waals surface area (Å²) in [4.78, 5) is 1.13. The van der Waals surface area contributed by atoms with Crippen molar-refractivity contribution < 1.29 is 0 Å². The first-order valence-corrected chi connectivity index (χ1v) is 7.24. The second-order valence-corrected chi connectivity index (χ2v) is 5.85. The summed E-state index contributed by atoms with van der Waals surface area (Å²) >= 11 is 13.9. The Morgan fingerprint density at radius 3 is 2.56 bits per heavy atom. The molecule has 94 valence electrons. The minimum absolute atomic E-state index is 0.599. The average molecular weight is 298 g/mol. The van der Waals surface area contributed by atoms with Crippen LogP contribution in [0, 0.1) is 6.92 Å². The largest absolute Gasteiger partial charge is 0.398 e. The van der Waals surface area contributed by atoms with Gasteiger partial charge in [0, 0.05) is 15.7 Å². The van der Waals surface area contributed by atoms with Gasteiger partial charge in [-0.1, -0.05) is 41.4 Å². The molecule has 0 fully saturated rings. The predicted molar refractivity (Wildman–Crippen MR) is 81.6 cm³/mol. The van der Waals surface area contributed by atoms with Crippen LogP contribution in [0.5, 0.6) is 0 Å². The number of thioether (sulfide) groups is 1. The molecule has 2 aromatic rings. The molecular weight excluding hydrogens is 285 g/mol. The van der Waals surface area contributed by atoms with E-state index in [0.29, 0.717) is 10.7 Å². The smallest absolute Gasteiger partial charge is 0.0646 e. The maximum absolute atomic E-state index is 6.13. The zero-order valence-electron chi connectivity index (χ0n) is 9.91. The summed E-state index contributed by atoms with van der Waals surface area (Å²) in [6, 6.07) is 11.7. The van der Waals surface area contributed by atoms with Crippen LogP contribution in [0.25, 0.3) is 0 Å². The lowest BCUT2D eigenvalue weighted by Crippen LogP contribution is -1.90. The van der Waals surface area contributed by atoms with E-state index in [1.54, 1.807) is 11.8 Å². The quantitative estimate of drug-likeness (QED) is 0.624. The molecule has 0 bridgehead atoms. The first-order chi connectivity index (χ1) is 8.58. The van der Waals surface area contributed by atoms with E-state index in [-0.39, 0.29) is 0 Å². The molecule has 0 aliphatic heterocycles. The number of benzene rings is 2. The molecular formula is C14H13Cl2NS. The average Bonchev–Trinajstić information content (AvgIpc) is 2.34. The molecule has 0 atom stereocenters. The zero-order valence-corrected chi connectivity index (χ0v) is 12.2. The van der Waals surface area contributed by atoms with Gasteiger partial charge in [0.05, 0.1) is 10.7 Å². The van der Waals surface area contributed by atoms with E-state index in [0.717, 1.165) is 26.8 Å². The standard InChI is InChI=1S/C14H13Cl2NS/c1-9-6-13(17)12(16)7-14(9)18-8-10-4-2-3-5-11(10)15/h2-7H,8,17H2,1H3. The number of nitrogens with two attached hydrogens (primary N) is 1. The van der Waals surface area contributed by atoms with Crippen LogP contribution in [-0.4, -0.2) is 0 Å². The van der Waals surface area contributed by atoms with Crippen molar-refractivity contribution in [1.29, 1.82) is 0 Å². The summed E-state index contributed by atoms with van der Waals surface area (Å²) in [5, 5.41) is 1.39. The van der Waals surface area contributed by atoms with Gasteiger partial charge >= 0.3 is 0 Å². The van der Waals surface area contributed by atoms with Gasteiger partial charge in [-0.15, -0.1) is 11.8 Å². The van der Waals surface area contributed by atoms with Crippen molar-refractivity contribution in [2.24, 2.45) is 0 Å². The van der Waals surface area contributed by atoms with Crippen LogP contribution < -0.4 is 5.73 Å². The molecule has 0 saturated heterocycles. The zero-order chi connectivity index (χ0) is 13.1. The van der Waals surface area contributed by atoms with Gasteiger partial charge in [0.1, 0.15) is 0 Å². The van der Waals surface area contributed by atoms with Crippen LogP contribution in [0.15, 0.2) is 41.3 Å². The molecule has 2 rings (SSSR count). The maximum atomic E-state index is 6.13. The molecule has 0 saturated carbocycles. The lowest BCUT2D eigenvalue weighted by molar-refractivity contribution is 1.29. The highest BCUT2D eigenvalue weighted by Crippen LogP contribution is 2.33. The van der Waals surface area contributed by atoms with Crippen molar-refractivity contribution in [2.45, 2.75) is 17.6 Å². The highest BCUT2D eigenvalue weighted by molar-refractivity contribution is 7.98. The van der Waals surface area contributed by atoms with Crippen molar-refractivity contribution in [3.63, 3.8) is 0 Å². The second-order valence-electron chi connectivity index (χ2n) is 4.02. The first kappa shape index (κ1) is 13.6. The maximum Gasteiger partial charge on any atom is 0.0646 e. The monoisotopic (exact) mass is 297 g/mol. The minimum Gasteiger partial charge on any atom is -0.398 e.